The van der Waals surface area contributed by atoms with Crippen molar-refractivity contribution in [2.45, 2.75) is 19.3 Å². The Morgan fingerprint density at radius 2 is 2.12 bits per heavy atom. The minimum atomic E-state index is -0.151. The van der Waals surface area contributed by atoms with Crippen molar-refractivity contribution in [3.8, 4) is 0 Å². The Labute approximate surface area is 94.6 Å². The van der Waals surface area contributed by atoms with Crippen molar-refractivity contribution >= 4 is 11.6 Å². The maximum atomic E-state index is 11.9. The molecule has 0 radical (unpaired) electrons. The number of piperidine rings is 1. The summed E-state index contributed by atoms with van der Waals surface area (Å²) in [6.07, 6.45) is 6.56. The lowest BCUT2D eigenvalue weighted by atomic mass is 10.2. The molecule has 5 nitrogen and oxygen atoms in total. The van der Waals surface area contributed by atoms with Crippen LogP contribution in [0.5, 0.6) is 0 Å². The van der Waals surface area contributed by atoms with Crippen molar-refractivity contribution in [1.29, 1.82) is 0 Å². The van der Waals surface area contributed by atoms with Gasteiger partial charge < -0.3 is 5.73 Å². The summed E-state index contributed by atoms with van der Waals surface area (Å²) >= 11 is 0. The Bertz CT molecular complexity index is 374. The van der Waals surface area contributed by atoms with Crippen LogP contribution in [0.25, 0.3) is 0 Å². The highest BCUT2D eigenvalue weighted by Crippen LogP contribution is 2.10. The van der Waals surface area contributed by atoms with E-state index in [1.807, 2.05) is 5.01 Å². The zero-order valence-electron chi connectivity index (χ0n) is 9.15. The zero-order valence-corrected chi connectivity index (χ0v) is 9.15. The molecular weight excluding hydrogens is 204 g/mol. The minimum Gasteiger partial charge on any atom is -0.397 e. The maximum Gasteiger partial charge on any atom is 0.267 e. The molecule has 0 saturated carbocycles. The molecule has 2 heterocycles. The molecule has 16 heavy (non-hydrogen) atoms. The zero-order chi connectivity index (χ0) is 11.4. The van der Waals surface area contributed by atoms with Crippen LogP contribution in [0, 0.1) is 0 Å². The van der Waals surface area contributed by atoms with Crippen LogP contribution in [-0.4, -0.2) is 29.0 Å². The average molecular weight is 220 g/mol. The first-order chi connectivity index (χ1) is 7.77. The van der Waals surface area contributed by atoms with Gasteiger partial charge in [-0.2, -0.15) is 0 Å². The summed E-state index contributed by atoms with van der Waals surface area (Å²) in [6.45, 7) is 1.83. The highest BCUT2D eigenvalue weighted by atomic mass is 16.2. The van der Waals surface area contributed by atoms with Gasteiger partial charge in [-0.3, -0.25) is 15.2 Å². The number of amides is 1. The van der Waals surface area contributed by atoms with Gasteiger partial charge in [-0.15, -0.1) is 0 Å². The van der Waals surface area contributed by atoms with Crippen molar-refractivity contribution in [1.82, 2.24) is 15.4 Å². The second-order valence-electron chi connectivity index (χ2n) is 3.95. The standard InChI is InChI=1S/C11H16N4O/c12-10-8-13-5-4-9(10)11(16)14-15-6-2-1-3-7-15/h4-5,8H,1-3,6-7,12H2,(H,14,16). The number of hydrogen-bond acceptors (Lipinski definition) is 4. The van der Waals surface area contributed by atoms with E-state index in [0.29, 0.717) is 11.3 Å². The topological polar surface area (TPSA) is 71.2 Å². The van der Waals surface area contributed by atoms with E-state index >= 15 is 0 Å². The van der Waals surface area contributed by atoms with Gasteiger partial charge in [-0.25, -0.2) is 5.01 Å². The summed E-state index contributed by atoms with van der Waals surface area (Å²) in [4.78, 5) is 15.7. The predicted octanol–water partition coefficient (Wildman–Crippen LogP) is 0.794. The molecule has 2 rings (SSSR count). The first-order valence-corrected chi connectivity index (χ1v) is 5.53. The van der Waals surface area contributed by atoms with Gasteiger partial charge in [0.25, 0.3) is 5.91 Å². The number of pyridine rings is 1. The van der Waals surface area contributed by atoms with Crippen LogP contribution >= 0.6 is 0 Å². The molecule has 0 unspecified atom stereocenters. The molecule has 1 aromatic rings. The summed E-state index contributed by atoms with van der Waals surface area (Å²) in [7, 11) is 0. The Morgan fingerprint density at radius 3 is 2.81 bits per heavy atom. The summed E-state index contributed by atoms with van der Waals surface area (Å²) in [5.41, 5.74) is 9.45. The van der Waals surface area contributed by atoms with Gasteiger partial charge in [0.15, 0.2) is 0 Å². The number of nitrogen functional groups attached to an aromatic ring is 1. The van der Waals surface area contributed by atoms with Crippen molar-refractivity contribution in [3.05, 3.63) is 24.0 Å². The quantitative estimate of drug-likeness (QED) is 0.773. The van der Waals surface area contributed by atoms with E-state index in [1.165, 1.54) is 12.6 Å². The number of aromatic nitrogens is 1. The fourth-order valence-corrected chi connectivity index (χ4v) is 1.82. The van der Waals surface area contributed by atoms with Crippen LogP contribution in [0.2, 0.25) is 0 Å². The molecule has 1 aliphatic heterocycles. The number of nitrogens with one attached hydrogen (secondary N) is 1. The van der Waals surface area contributed by atoms with Crippen LogP contribution in [-0.2, 0) is 0 Å². The molecule has 0 spiro atoms. The summed E-state index contributed by atoms with van der Waals surface area (Å²) in [5, 5.41) is 1.95. The number of carbonyl (C=O) groups is 1. The van der Waals surface area contributed by atoms with E-state index in [9.17, 15) is 4.79 Å². The number of rotatable bonds is 2. The van der Waals surface area contributed by atoms with E-state index in [1.54, 1.807) is 12.3 Å². The molecule has 3 N–H and O–H groups in total. The molecule has 0 aromatic carbocycles. The van der Waals surface area contributed by atoms with Gasteiger partial charge in [0.2, 0.25) is 0 Å². The molecule has 1 saturated heterocycles. The third-order valence-corrected chi connectivity index (χ3v) is 2.71. The second-order valence-corrected chi connectivity index (χ2v) is 3.95. The van der Waals surface area contributed by atoms with E-state index in [-0.39, 0.29) is 5.91 Å². The van der Waals surface area contributed by atoms with E-state index in [4.69, 9.17) is 5.73 Å². The van der Waals surface area contributed by atoms with Gasteiger partial charge in [0.05, 0.1) is 17.4 Å². The SMILES string of the molecule is Nc1cnccc1C(=O)NN1CCCCC1. The number of hydrogen-bond donors (Lipinski definition) is 2. The molecule has 1 amide bonds. The lowest BCUT2D eigenvalue weighted by Gasteiger charge is -2.26. The van der Waals surface area contributed by atoms with Gasteiger partial charge >= 0.3 is 0 Å². The molecule has 0 atom stereocenters. The van der Waals surface area contributed by atoms with Crippen LogP contribution in [0.3, 0.4) is 0 Å². The Kier molecular flexibility index (Phi) is 3.36. The average Bonchev–Trinajstić information content (AvgIpc) is 2.31. The number of anilines is 1. The highest BCUT2D eigenvalue weighted by molar-refractivity contribution is 5.98. The van der Waals surface area contributed by atoms with Gasteiger partial charge in [-0.1, -0.05) is 6.42 Å². The largest absolute Gasteiger partial charge is 0.397 e. The van der Waals surface area contributed by atoms with Crippen molar-refractivity contribution in [2.24, 2.45) is 0 Å². The molecule has 0 aliphatic carbocycles. The van der Waals surface area contributed by atoms with E-state index in [0.717, 1.165) is 25.9 Å². The normalized spacial score (nSPS) is 17.0. The van der Waals surface area contributed by atoms with E-state index in [2.05, 4.69) is 10.4 Å². The fourth-order valence-electron chi connectivity index (χ4n) is 1.82. The fraction of sp³-hybridized carbons (Fsp3) is 0.455. The third kappa shape index (κ3) is 2.49. The minimum absolute atomic E-state index is 0.151. The molecule has 1 fully saturated rings. The van der Waals surface area contributed by atoms with Crippen LogP contribution in [0.4, 0.5) is 5.69 Å². The molecule has 1 aliphatic rings. The van der Waals surface area contributed by atoms with Crippen molar-refractivity contribution < 1.29 is 4.79 Å². The predicted molar refractivity (Wildman–Crippen MR) is 61.5 cm³/mol. The summed E-state index contributed by atoms with van der Waals surface area (Å²) in [6, 6.07) is 1.63. The monoisotopic (exact) mass is 220 g/mol. The van der Waals surface area contributed by atoms with Gasteiger partial charge in [0.1, 0.15) is 0 Å². The second kappa shape index (κ2) is 4.94. The molecule has 86 valence electrons. The lowest BCUT2D eigenvalue weighted by Crippen LogP contribution is -2.45. The molecule has 5 heteroatoms. The Hall–Kier alpha value is -1.62. The number of carbonyl (C=O) groups excluding carboxylic acids is 1. The highest BCUT2D eigenvalue weighted by Gasteiger charge is 2.15. The number of nitrogens with zero attached hydrogens (tertiary/aromatic N) is 2. The first-order valence-electron chi connectivity index (χ1n) is 5.53. The Balaban J connectivity index is 2.00. The summed E-state index contributed by atoms with van der Waals surface area (Å²) in [5.74, 6) is -0.151. The van der Waals surface area contributed by atoms with Gasteiger partial charge in [0, 0.05) is 19.3 Å². The summed E-state index contributed by atoms with van der Waals surface area (Å²) < 4.78 is 0. The van der Waals surface area contributed by atoms with E-state index < -0.39 is 0 Å². The van der Waals surface area contributed by atoms with Crippen molar-refractivity contribution in [3.63, 3.8) is 0 Å². The molecule has 0 bridgehead atoms. The molecular formula is C11H16N4O. The number of nitrogens with two attached hydrogens (primary N) is 1. The maximum absolute atomic E-state index is 11.9. The van der Waals surface area contributed by atoms with Gasteiger partial charge in [-0.05, 0) is 18.9 Å². The lowest BCUT2D eigenvalue weighted by molar-refractivity contribution is 0.0751. The van der Waals surface area contributed by atoms with Crippen LogP contribution < -0.4 is 11.2 Å². The third-order valence-electron chi connectivity index (χ3n) is 2.71. The van der Waals surface area contributed by atoms with Crippen LogP contribution in [0.1, 0.15) is 29.6 Å². The number of hydrazine groups is 1. The Morgan fingerprint density at radius 1 is 1.38 bits per heavy atom. The van der Waals surface area contributed by atoms with Crippen LogP contribution in [0.15, 0.2) is 18.5 Å². The smallest absolute Gasteiger partial charge is 0.267 e. The molecule has 1 aromatic heterocycles. The van der Waals surface area contributed by atoms with Crippen molar-refractivity contribution in [2.75, 3.05) is 18.8 Å². The first kappa shape index (κ1) is 10.9.